The molecule has 16 nitrogen and oxygen atoms in total. The van der Waals surface area contributed by atoms with Gasteiger partial charge in [-0.05, 0) is 161 Å². The van der Waals surface area contributed by atoms with E-state index in [1.165, 1.54) is 44.9 Å². The Morgan fingerprint density at radius 3 is 0.785 bits per heavy atom. The van der Waals surface area contributed by atoms with E-state index < -0.39 is 91.5 Å². The van der Waals surface area contributed by atoms with Crippen LogP contribution >= 0.6 is 15.6 Å². The van der Waals surface area contributed by atoms with Crippen LogP contribution in [0.1, 0.15) is 303 Å². The number of rotatable bonds is 76. The van der Waals surface area contributed by atoms with Crippen molar-refractivity contribution in [2.45, 2.75) is 322 Å². The van der Waals surface area contributed by atoms with Crippen molar-refractivity contribution in [3.05, 3.63) is 182 Å². The molecule has 0 aliphatic carbocycles. The Morgan fingerprint density at radius 1 is 0.271 bits per heavy atom. The summed E-state index contributed by atoms with van der Waals surface area (Å²) in [5, 5.41) is 20.7. The first-order valence-electron chi connectivity index (χ1n) is 41.1. The maximum atomic E-state index is 13.0. The van der Waals surface area contributed by atoms with Gasteiger partial charge in [0.25, 0.3) is 0 Å². The molecule has 0 fully saturated rings. The van der Waals surface area contributed by atoms with E-state index in [1.54, 1.807) is 0 Å². The Kier molecular flexibility index (Phi) is 76.2. The number of ether oxygens (including phenoxy) is 3. The van der Waals surface area contributed by atoms with Gasteiger partial charge in [-0.1, -0.05) is 306 Å². The lowest BCUT2D eigenvalue weighted by Gasteiger charge is -2.21. The number of aliphatic hydroxyl groups is 2. The summed E-state index contributed by atoms with van der Waals surface area (Å²) in [5.74, 6) is -1.62. The number of phosphoric acid groups is 2. The van der Waals surface area contributed by atoms with Gasteiger partial charge in [-0.2, -0.15) is 0 Å². The third-order valence-corrected chi connectivity index (χ3v) is 18.5. The van der Waals surface area contributed by atoms with Crippen molar-refractivity contribution in [1.82, 2.24) is 0 Å². The number of hydrogen-bond donors (Lipinski definition) is 4. The second kappa shape index (κ2) is 80.2. The zero-order valence-electron chi connectivity index (χ0n) is 66.5. The highest BCUT2D eigenvalue weighted by molar-refractivity contribution is 7.47. The second-order valence-electron chi connectivity index (χ2n) is 26.8. The van der Waals surface area contributed by atoms with Crippen LogP contribution in [0.15, 0.2) is 182 Å². The molecule has 0 aromatic carbocycles. The van der Waals surface area contributed by atoms with Crippen molar-refractivity contribution in [1.29, 1.82) is 0 Å². The molecule has 18 heteroatoms. The zero-order chi connectivity index (χ0) is 78.0. The molecule has 107 heavy (non-hydrogen) atoms. The van der Waals surface area contributed by atoms with Gasteiger partial charge in [0.1, 0.15) is 25.4 Å². The summed E-state index contributed by atoms with van der Waals surface area (Å²) in [7, 11) is -9.82. The number of carbonyl (C=O) groups is 3. The van der Waals surface area contributed by atoms with E-state index in [4.69, 9.17) is 32.3 Å². The van der Waals surface area contributed by atoms with Gasteiger partial charge in [0, 0.05) is 19.3 Å². The molecule has 0 aromatic heterocycles. The van der Waals surface area contributed by atoms with E-state index >= 15 is 0 Å². The average molecular weight is 1530 g/mol. The van der Waals surface area contributed by atoms with E-state index in [0.717, 1.165) is 199 Å². The molecule has 5 atom stereocenters. The standard InChI is InChI=1S/C89H146O16P2/c1-4-7-10-13-16-19-22-25-28-31-34-37-39-41-43-46-48-51-54-57-60-63-66-69-72-75-87(92)99-78-84(90)79-101-106(95,96)102-80-85(91)81-103-107(97,98)104-83-86(105-89(94)77-74-71-68-65-62-59-56-53-50-45-36-33-30-27-24-21-18-15-12-9-6-3)82-100-88(93)76-73-70-67-64-61-58-55-52-49-47-44-42-40-38-35-32-29-26-23-20-17-14-11-8-5-2/h7-8,10-11,16-21,25-30,34-38,41-45,48,51,53,56,84-86,90-91H,4-6,9,12-15,22-24,31-33,39-40,46-47,49-50,52,54-55,57-83H2,1-3H3,(H,95,96)(H,97,98)/b10-7-,11-8-,19-16-,20-17-,21-18-,28-25-,29-26-,30-27-,37-34-,38-35-,43-41-,44-42-,45-36-,51-48-,56-53-. The minimum Gasteiger partial charge on any atom is -0.463 e. The molecule has 0 amide bonds. The quantitative estimate of drug-likeness (QED) is 0.0146. The minimum atomic E-state index is -4.95. The lowest BCUT2D eigenvalue weighted by atomic mass is 10.1. The smallest absolute Gasteiger partial charge is 0.463 e. The normalized spacial score (nSPS) is 14.9. The number of aliphatic hydroxyl groups excluding tert-OH is 2. The first-order chi connectivity index (χ1) is 52.2. The molecular weight excluding hydrogens is 1390 g/mol. The van der Waals surface area contributed by atoms with Gasteiger partial charge in [-0.3, -0.25) is 32.5 Å². The predicted molar refractivity (Wildman–Crippen MR) is 445 cm³/mol. The maximum absolute atomic E-state index is 13.0. The van der Waals surface area contributed by atoms with Crippen LogP contribution in [0.25, 0.3) is 0 Å². The molecule has 0 spiro atoms. The Labute approximate surface area is 649 Å². The Bertz CT molecular complexity index is 2670. The maximum Gasteiger partial charge on any atom is 0.472 e. The third kappa shape index (κ3) is 81.5. The molecule has 0 rings (SSSR count). The van der Waals surface area contributed by atoms with E-state index in [-0.39, 0.29) is 19.3 Å². The van der Waals surface area contributed by atoms with Crippen molar-refractivity contribution in [3.63, 3.8) is 0 Å². The summed E-state index contributed by atoms with van der Waals surface area (Å²) in [4.78, 5) is 58.8. The summed E-state index contributed by atoms with van der Waals surface area (Å²) < 4.78 is 61.3. The molecule has 5 unspecified atom stereocenters. The van der Waals surface area contributed by atoms with E-state index in [9.17, 15) is 43.5 Å². The molecular formula is C89H146O16P2. The minimum absolute atomic E-state index is 0.0752. The van der Waals surface area contributed by atoms with Crippen LogP contribution in [0.5, 0.6) is 0 Å². The van der Waals surface area contributed by atoms with Gasteiger partial charge < -0.3 is 34.2 Å². The Balaban J connectivity index is 4.74. The fourth-order valence-corrected chi connectivity index (χ4v) is 12.0. The number of unbranched alkanes of at least 4 members (excludes halogenated alkanes) is 23. The van der Waals surface area contributed by atoms with Gasteiger partial charge in [0.15, 0.2) is 6.10 Å². The fourth-order valence-electron chi connectivity index (χ4n) is 10.4. The second-order valence-corrected chi connectivity index (χ2v) is 29.7. The summed E-state index contributed by atoms with van der Waals surface area (Å²) in [6.07, 6.45) is 103. The van der Waals surface area contributed by atoms with E-state index in [1.807, 2.05) is 0 Å². The van der Waals surface area contributed by atoms with Crippen LogP contribution in [-0.2, 0) is 55.8 Å². The predicted octanol–water partition coefficient (Wildman–Crippen LogP) is 24.5. The lowest BCUT2D eigenvalue weighted by Crippen LogP contribution is -2.30. The molecule has 4 N–H and O–H groups in total. The van der Waals surface area contributed by atoms with Crippen molar-refractivity contribution in [2.75, 3.05) is 39.6 Å². The molecule has 0 bridgehead atoms. The van der Waals surface area contributed by atoms with Gasteiger partial charge in [0.05, 0.1) is 26.4 Å². The SMILES string of the molecule is CC/C=C\C/C=C\C/C=C\C/C=C\C/C=C\C/C=C\CCCCCCCCC(=O)OCC(O)COP(=O)(O)OCC(O)COP(=O)(O)OCC(COC(=O)CCCCCCCCCCC/C=C\C/C=C\C/C=C\C/C=C\C/C=C\CC)OC(=O)CCCCCCC/C=C\C/C=C\C/C=C\C/C=C\CCCCC. The van der Waals surface area contributed by atoms with Crippen LogP contribution in [0.2, 0.25) is 0 Å². The number of phosphoric ester groups is 2. The van der Waals surface area contributed by atoms with Crippen molar-refractivity contribution in [2.24, 2.45) is 0 Å². The van der Waals surface area contributed by atoms with Gasteiger partial charge >= 0.3 is 33.6 Å². The first kappa shape index (κ1) is 102. The van der Waals surface area contributed by atoms with Crippen LogP contribution in [-0.4, -0.2) is 95.9 Å². The highest BCUT2D eigenvalue weighted by atomic mass is 31.2. The number of hydrogen-bond acceptors (Lipinski definition) is 14. The summed E-state index contributed by atoms with van der Waals surface area (Å²) in [6, 6.07) is 0. The summed E-state index contributed by atoms with van der Waals surface area (Å²) >= 11 is 0. The van der Waals surface area contributed by atoms with Crippen molar-refractivity contribution >= 4 is 33.6 Å². The van der Waals surface area contributed by atoms with Gasteiger partial charge in [-0.25, -0.2) is 9.13 Å². The molecule has 0 aliphatic heterocycles. The summed E-state index contributed by atoms with van der Waals surface area (Å²) in [5.41, 5.74) is 0. The Morgan fingerprint density at radius 2 is 0.495 bits per heavy atom. The number of allylic oxidation sites excluding steroid dienone is 30. The van der Waals surface area contributed by atoms with Crippen LogP contribution < -0.4 is 0 Å². The molecule has 0 aliphatic rings. The average Bonchev–Trinajstić information content (AvgIpc) is 0.904. The van der Waals surface area contributed by atoms with Crippen molar-refractivity contribution < 1.29 is 75.8 Å². The summed E-state index contributed by atoms with van der Waals surface area (Å²) in [6.45, 7) is 2.37. The molecule has 0 saturated heterocycles. The topological polar surface area (TPSA) is 231 Å². The third-order valence-electron chi connectivity index (χ3n) is 16.6. The van der Waals surface area contributed by atoms with Gasteiger partial charge in [0.2, 0.25) is 0 Å². The molecule has 0 aromatic rings. The highest BCUT2D eigenvalue weighted by Crippen LogP contribution is 2.45. The van der Waals surface area contributed by atoms with Gasteiger partial charge in [-0.15, -0.1) is 0 Å². The largest absolute Gasteiger partial charge is 0.472 e. The number of carbonyl (C=O) groups excluding carboxylic acids is 3. The van der Waals surface area contributed by atoms with Crippen LogP contribution in [0, 0.1) is 0 Å². The fraction of sp³-hybridized carbons (Fsp3) is 0.629. The van der Waals surface area contributed by atoms with Crippen LogP contribution in [0.4, 0.5) is 0 Å². The molecule has 608 valence electrons. The van der Waals surface area contributed by atoms with Crippen LogP contribution in [0.3, 0.4) is 0 Å². The van der Waals surface area contributed by atoms with Crippen molar-refractivity contribution in [3.8, 4) is 0 Å². The van der Waals surface area contributed by atoms with E-state index in [2.05, 4.69) is 203 Å². The Hall–Kier alpha value is -5.35. The van der Waals surface area contributed by atoms with E-state index in [0.29, 0.717) is 19.3 Å². The zero-order valence-corrected chi connectivity index (χ0v) is 68.3. The number of esters is 3. The lowest BCUT2D eigenvalue weighted by molar-refractivity contribution is -0.161. The molecule has 0 saturated carbocycles. The first-order valence-corrected chi connectivity index (χ1v) is 44.1. The monoisotopic (exact) mass is 1530 g/mol. The molecule has 0 radical (unpaired) electrons. The highest BCUT2D eigenvalue weighted by Gasteiger charge is 2.29. The molecule has 0 heterocycles.